The number of terminal acetylenes is 1. The van der Waals surface area contributed by atoms with Crippen molar-refractivity contribution in [2.45, 2.75) is 13.8 Å². The normalized spacial score (nSPS) is 10.5. The SMILES string of the molecule is C#CCOC(=O)Nc1ccc(Cl)c(-c2nc3cc(Cl)ccc3o2)c1.CCOc1ccc(Cl)cc1-c1cc(N)nc(Nc2ccc(Cl)cc2)c1.CCOc1ccc(Cl)cc1-c1cc(Nc2ccc(Cl)cc2)nc(N)n1. The predicted molar refractivity (Wildman–Crippen MR) is 301 cm³/mol. The summed E-state index contributed by atoms with van der Waals surface area (Å²) in [6.45, 7) is 4.83. The molecule has 0 atom stereocenters. The molecule has 7 N–H and O–H groups in total. The highest BCUT2D eigenvalue weighted by molar-refractivity contribution is 6.33. The van der Waals surface area contributed by atoms with Crippen molar-refractivity contribution in [3.63, 3.8) is 0 Å². The number of fused-ring (bicyclic) bond motifs is 1. The molecule has 0 aliphatic rings. The number of halogens is 6. The van der Waals surface area contributed by atoms with Gasteiger partial charge in [0, 0.05) is 59.4 Å². The molecule has 0 spiro atoms. The van der Waals surface area contributed by atoms with Crippen molar-refractivity contribution in [2.24, 2.45) is 0 Å². The van der Waals surface area contributed by atoms with Gasteiger partial charge in [-0.05, 0) is 153 Å². The topological polar surface area (TPSA) is 198 Å². The first-order valence-corrected chi connectivity index (χ1v) is 24.5. The number of anilines is 7. The van der Waals surface area contributed by atoms with Gasteiger partial charge < -0.3 is 40.7 Å². The van der Waals surface area contributed by atoms with E-state index in [9.17, 15) is 4.79 Å². The molecule has 0 aliphatic heterocycles. The van der Waals surface area contributed by atoms with Gasteiger partial charge in [0.15, 0.2) is 12.2 Å². The fourth-order valence-corrected chi connectivity index (χ4v) is 7.80. The second-order valence-electron chi connectivity index (χ2n) is 15.3. The number of rotatable bonds is 13. The number of nitrogens with two attached hydrogens (primary N) is 2. The molecule has 0 saturated carbocycles. The molecule has 0 saturated heterocycles. The first kappa shape index (κ1) is 54.2. The van der Waals surface area contributed by atoms with E-state index in [1.54, 1.807) is 91.0 Å². The number of nitrogens with zero attached hydrogens (tertiary/aromatic N) is 4. The first-order chi connectivity index (χ1) is 35.7. The Morgan fingerprint density at radius 3 is 1.77 bits per heavy atom. The third-order valence-corrected chi connectivity index (χ3v) is 11.5. The first-order valence-electron chi connectivity index (χ1n) is 22.2. The second kappa shape index (κ2) is 25.9. The van der Waals surface area contributed by atoms with E-state index < -0.39 is 6.09 Å². The molecule has 0 radical (unpaired) electrons. The lowest BCUT2D eigenvalue weighted by Gasteiger charge is -2.13. The van der Waals surface area contributed by atoms with Gasteiger partial charge in [0.05, 0.1) is 29.5 Å². The maximum absolute atomic E-state index is 11.6. The number of hydrogen-bond donors (Lipinski definition) is 5. The van der Waals surface area contributed by atoms with Gasteiger partial charge in [0.25, 0.3) is 0 Å². The highest BCUT2D eigenvalue weighted by Gasteiger charge is 2.16. The number of carbonyl (C=O) groups is 1. The number of carbonyl (C=O) groups excluding carboxylic acids is 1. The predicted octanol–water partition coefficient (Wildman–Crippen LogP) is 15.9. The summed E-state index contributed by atoms with van der Waals surface area (Å²) >= 11 is 36.3. The van der Waals surface area contributed by atoms with E-state index >= 15 is 0 Å². The van der Waals surface area contributed by atoms with E-state index in [2.05, 4.69) is 41.8 Å². The third kappa shape index (κ3) is 15.2. The summed E-state index contributed by atoms with van der Waals surface area (Å²) in [4.78, 5) is 28.8. The van der Waals surface area contributed by atoms with Crippen LogP contribution in [0.5, 0.6) is 11.5 Å². The van der Waals surface area contributed by atoms with E-state index in [0.29, 0.717) is 100 Å². The minimum atomic E-state index is -0.662. The van der Waals surface area contributed by atoms with Gasteiger partial charge in [0.2, 0.25) is 11.8 Å². The molecule has 14 nitrogen and oxygen atoms in total. The Balaban J connectivity index is 0.000000162. The van der Waals surface area contributed by atoms with Crippen LogP contribution >= 0.6 is 69.6 Å². The molecule has 6 aromatic carbocycles. The summed E-state index contributed by atoms with van der Waals surface area (Å²) in [6.07, 6.45) is 4.37. The average Bonchev–Trinajstić information content (AvgIpc) is 3.80. The molecule has 9 aromatic rings. The van der Waals surface area contributed by atoms with Gasteiger partial charge in [-0.3, -0.25) is 5.32 Å². The zero-order valence-electron chi connectivity index (χ0n) is 39.2. The Kier molecular flexibility index (Phi) is 18.9. The minimum Gasteiger partial charge on any atom is -0.493 e. The Labute approximate surface area is 456 Å². The highest BCUT2D eigenvalue weighted by Crippen LogP contribution is 2.37. The standard InChI is InChI=1S/C19H17Cl2N3O.C18H16Cl2N4O.C17H10Cl2N2O3/c1-2-25-17-8-5-14(21)11-16(17)12-9-18(22)24-19(10-12)23-15-6-3-13(20)4-7-15;1-2-25-16-8-5-12(20)9-14(16)15-10-17(24-18(21)23-15)22-13-6-3-11(19)4-7-13;1-2-7-23-17(22)20-11-4-5-13(19)12(9-11)16-21-14-8-10(18)3-6-15(14)24-16/h3-11H,2H2,1H3,(H3,22,23,24);3-10H,2H2,1H3,(H3,21,22,23,24);1,3-6,8-9H,7H2,(H,20,22). The molecule has 20 heteroatoms. The Bertz CT molecular complexity index is 3300. The lowest BCUT2D eigenvalue weighted by atomic mass is 10.1. The molecule has 74 heavy (non-hydrogen) atoms. The smallest absolute Gasteiger partial charge is 0.412 e. The van der Waals surface area contributed by atoms with Gasteiger partial charge >= 0.3 is 6.09 Å². The van der Waals surface area contributed by atoms with Gasteiger partial charge in [0.1, 0.15) is 34.5 Å². The summed E-state index contributed by atoms with van der Waals surface area (Å²) in [7, 11) is 0. The Morgan fingerprint density at radius 2 is 1.15 bits per heavy atom. The van der Waals surface area contributed by atoms with Crippen LogP contribution in [0, 0.1) is 12.3 Å². The summed E-state index contributed by atoms with van der Waals surface area (Å²) in [5.74, 6) is 5.69. The van der Waals surface area contributed by atoms with E-state index in [1.165, 1.54) is 0 Å². The Hall–Kier alpha value is -7.61. The number of nitrogens with one attached hydrogen (secondary N) is 3. The fraction of sp³-hybridized carbons (Fsp3) is 0.0926. The molecule has 0 bridgehead atoms. The maximum Gasteiger partial charge on any atom is 0.412 e. The van der Waals surface area contributed by atoms with E-state index in [4.69, 9.17) is 106 Å². The summed E-state index contributed by atoms with van der Waals surface area (Å²) in [6, 6.07) is 41.0. The monoisotopic (exact) mass is 1110 g/mol. The van der Waals surface area contributed by atoms with Crippen molar-refractivity contribution in [3.8, 4) is 57.7 Å². The number of pyridine rings is 1. The van der Waals surface area contributed by atoms with Crippen LogP contribution in [0.3, 0.4) is 0 Å². The number of aromatic nitrogens is 4. The van der Waals surface area contributed by atoms with Crippen LogP contribution in [0.1, 0.15) is 13.8 Å². The zero-order valence-corrected chi connectivity index (χ0v) is 43.8. The van der Waals surface area contributed by atoms with Gasteiger partial charge in [-0.15, -0.1) is 6.42 Å². The number of hydrogen-bond acceptors (Lipinski definition) is 13. The van der Waals surface area contributed by atoms with Crippen molar-refractivity contribution in [3.05, 3.63) is 170 Å². The maximum atomic E-state index is 11.6. The molecule has 3 heterocycles. The van der Waals surface area contributed by atoms with Crippen LogP contribution in [-0.2, 0) is 4.74 Å². The van der Waals surface area contributed by atoms with Gasteiger partial charge in [-0.25, -0.2) is 19.7 Å². The van der Waals surface area contributed by atoms with E-state index in [-0.39, 0.29) is 12.6 Å². The quantitative estimate of drug-likeness (QED) is 0.0684. The van der Waals surface area contributed by atoms with Crippen molar-refractivity contribution in [1.29, 1.82) is 0 Å². The summed E-state index contributed by atoms with van der Waals surface area (Å²) < 4.78 is 21.8. The second-order valence-corrected chi connectivity index (χ2v) is 17.9. The van der Waals surface area contributed by atoms with E-state index in [1.807, 2.05) is 62.4 Å². The van der Waals surface area contributed by atoms with Crippen molar-refractivity contribution in [2.75, 3.05) is 47.2 Å². The molecule has 376 valence electrons. The fourth-order valence-electron chi connectivity index (χ4n) is 6.84. The number of amides is 1. The van der Waals surface area contributed by atoms with Gasteiger partial charge in [-0.2, -0.15) is 4.98 Å². The molecule has 0 aliphatic carbocycles. The van der Waals surface area contributed by atoms with Crippen molar-refractivity contribution in [1.82, 2.24) is 19.9 Å². The molecular weight excluding hydrogens is 1070 g/mol. The van der Waals surface area contributed by atoms with Crippen LogP contribution in [0.15, 0.2) is 144 Å². The third-order valence-electron chi connectivity index (χ3n) is 9.97. The van der Waals surface area contributed by atoms with Crippen molar-refractivity contribution >= 4 is 127 Å². The lowest BCUT2D eigenvalue weighted by Crippen LogP contribution is -2.13. The number of benzene rings is 6. The van der Waals surface area contributed by atoms with Crippen LogP contribution in [0.25, 0.3) is 44.9 Å². The van der Waals surface area contributed by atoms with Crippen LogP contribution in [0.2, 0.25) is 30.1 Å². The summed E-state index contributed by atoms with van der Waals surface area (Å²) in [5, 5.41) is 12.5. The number of nitrogen functional groups attached to an aromatic ring is 2. The minimum absolute atomic E-state index is 0.113. The van der Waals surface area contributed by atoms with Crippen LogP contribution < -0.4 is 36.9 Å². The van der Waals surface area contributed by atoms with Crippen molar-refractivity contribution < 1.29 is 23.4 Å². The average molecular weight is 1110 g/mol. The van der Waals surface area contributed by atoms with Crippen LogP contribution in [-0.4, -0.2) is 45.8 Å². The number of ether oxygens (including phenoxy) is 3. The highest BCUT2D eigenvalue weighted by atomic mass is 35.5. The van der Waals surface area contributed by atoms with Gasteiger partial charge in [-0.1, -0.05) is 75.5 Å². The molecule has 0 fully saturated rings. The molecule has 9 rings (SSSR count). The zero-order chi connectivity index (χ0) is 52.7. The lowest BCUT2D eigenvalue weighted by molar-refractivity contribution is 0.176. The molecule has 1 amide bonds. The molecular formula is C54H43Cl6N9O5. The summed E-state index contributed by atoms with van der Waals surface area (Å²) in [5.41, 5.74) is 18.9. The number of oxazole rings is 1. The van der Waals surface area contributed by atoms with E-state index in [0.717, 1.165) is 33.8 Å². The van der Waals surface area contributed by atoms with Crippen LogP contribution in [0.4, 0.5) is 45.3 Å². The molecule has 0 unspecified atom stereocenters. The molecule has 3 aromatic heterocycles. The largest absolute Gasteiger partial charge is 0.493 e. The Morgan fingerprint density at radius 1 is 0.595 bits per heavy atom.